The third kappa shape index (κ3) is 6.09. The minimum Gasteiger partial charge on any atom is -0.481 e. The van der Waals surface area contributed by atoms with E-state index in [0.29, 0.717) is 0 Å². The fourth-order valence-corrected chi connectivity index (χ4v) is 3.93. The summed E-state index contributed by atoms with van der Waals surface area (Å²) in [4.78, 5) is 35.6. The average molecular weight is 440 g/mol. The Morgan fingerprint density at radius 3 is 2.09 bits per heavy atom. The standard InChI is InChI=1S/C25H29NO6/c1-25(2,3)32-23(29)13-12-16(14-22(27)28)26-24(30)31-15-21-19-10-6-4-8-17(19)18-9-5-7-11-20(18)21/h4-11,16,21H,12-15H2,1-3H3,(H,26,30)(H,27,28)/t16-/m1/s1. The summed E-state index contributed by atoms with van der Waals surface area (Å²) < 4.78 is 10.7. The van der Waals surface area contributed by atoms with Crippen LogP contribution in [-0.2, 0) is 19.1 Å². The number of carbonyl (C=O) groups is 3. The molecule has 1 amide bonds. The summed E-state index contributed by atoms with van der Waals surface area (Å²) in [6.07, 6.45) is -0.876. The van der Waals surface area contributed by atoms with Crippen LogP contribution in [0.15, 0.2) is 48.5 Å². The van der Waals surface area contributed by atoms with Crippen LogP contribution >= 0.6 is 0 Å². The molecule has 0 unspecified atom stereocenters. The molecule has 0 aromatic heterocycles. The highest BCUT2D eigenvalue weighted by Crippen LogP contribution is 2.44. The number of nitrogens with one attached hydrogen (secondary N) is 1. The van der Waals surface area contributed by atoms with Crippen molar-refractivity contribution in [3.63, 3.8) is 0 Å². The van der Waals surface area contributed by atoms with Crippen LogP contribution in [0.3, 0.4) is 0 Å². The molecule has 170 valence electrons. The van der Waals surface area contributed by atoms with Gasteiger partial charge in [-0.1, -0.05) is 48.5 Å². The maximum atomic E-state index is 12.4. The molecule has 0 fully saturated rings. The third-order valence-corrected chi connectivity index (χ3v) is 5.20. The zero-order chi connectivity index (χ0) is 23.3. The van der Waals surface area contributed by atoms with E-state index in [0.717, 1.165) is 22.3 Å². The van der Waals surface area contributed by atoms with Crippen LogP contribution < -0.4 is 5.32 Å². The largest absolute Gasteiger partial charge is 0.481 e. The zero-order valence-electron chi connectivity index (χ0n) is 18.6. The second-order valence-electron chi connectivity index (χ2n) is 8.89. The molecule has 0 bridgehead atoms. The molecule has 0 saturated heterocycles. The van der Waals surface area contributed by atoms with Gasteiger partial charge in [0, 0.05) is 18.4 Å². The zero-order valence-corrected chi connectivity index (χ0v) is 18.6. The minimum atomic E-state index is -1.07. The van der Waals surface area contributed by atoms with Crippen molar-refractivity contribution in [2.75, 3.05) is 6.61 Å². The maximum absolute atomic E-state index is 12.4. The molecule has 2 aromatic rings. The van der Waals surface area contributed by atoms with E-state index < -0.39 is 29.7 Å². The van der Waals surface area contributed by atoms with Crippen molar-refractivity contribution in [2.24, 2.45) is 0 Å². The number of benzene rings is 2. The first kappa shape index (κ1) is 23.3. The van der Waals surface area contributed by atoms with E-state index in [9.17, 15) is 14.4 Å². The summed E-state index contributed by atoms with van der Waals surface area (Å²) in [5.41, 5.74) is 3.80. The van der Waals surface area contributed by atoms with Crippen molar-refractivity contribution in [2.45, 2.75) is 57.6 Å². The average Bonchev–Trinajstić information content (AvgIpc) is 3.03. The number of alkyl carbamates (subject to hydrolysis) is 1. The number of ether oxygens (including phenoxy) is 2. The van der Waals surface area contributed by atoms with Crippen LogP contribution in [0.4, 0.5) is 4.79 Å². The van der Waals surface area contributed by atoms with E-state index in [2.05, 4.69) is 5.32 Å². The van der Waals surface area contributed by atoms with Crippen LogP contribution in [0.1, 0.15) is 57.1 Å². The van der Waals surface area contributed by atoms with Crippen LogP contribution in [0, 0.1) is 0 Å². The van der Waals surface area contributed by atoms with Gasteiger partial charge in [0.25, 0.3) is 0 Å². The number of carbonyl (C=O) groups excluding carboxylic acids is 2. The van der Waals surface area contributed by atoms with Crippen LogP contribution in [0.25, 0.3) is 11.1 Å². The molecule has 7 heteroatoms. The molecule has 32 heavy (non-hydrogen) atoms. The van der Waals surface area contributed by atoms with E-state index in [-0.39, 0.29) is 31.8 Å². The van der Waals surface area contributed by atoms with Crippen LogP contribution in [-0.4, -0.2) is 41.4 Å². The van der Waals surface area contributed by atoms with Gasteiger partial charge in [-0.2, -0.15) is 0 Å². The Morgan fingerprint density at radius 2 is 1.56 bits per heavy atom. The smallest absolute Gasteiger partial charge is 0.407 e. The number of amides is 1. The Balaban J connectivity index is 1.59. The molecule has 2 aromatic carbocycles. The van der Waals surface area contributed by atoms with Crippen LogP contribution in [0.5, 0.6) is 0 Å². The number of carboxylic acid groups (broad SMARTS) is 1. The topological polar surface area (TPSA) is 102 Å². The van der Waals surface area contributed by atoms with Gasteiger partial charge < -0.3 is 19.9 Å². The predicted molar refractivity (Wildman–Crippen MR) is 119 cm³/mol. The summed E-state index contributed by atoms with van der Waals surface area (Å²) in [5, 5.41) is 11.7. The van der Waals surface area contributed by atoms with Crippen molar-refractivity contribution in [3.05, 3.63) is 59.7 Å². The first-order valence-electron chi connectivity index (χ1n) is 10.7. The summed E-state index contributed by atoms with van der Waals surface area (Å²) in [5.74, 6) is -1.60. The fourth-order valence-electron chi connectivity index (χ4n) is 3.93. The lowest BCUT2D eigenvalue weighted by Crippen LogP contribution is -2.38. The predicted octanol–water partition coefficient (Wildman–Crippen LogP) is 4.49. The molecule has 2 N–H and O–H groups in total. The van der Waals surface area contributed by atoms with Crippen molar-refractivity contribution < 1.29 is 29.0 Å². The van der Waals surface area contributed by atoms with Gasteiger partial charge in [0.1, 0.15) is 12.2 Å². The summed E-state index contributed by atoms with van der Waals surface area (Å²) in [7, 11) is 0. The number of hydrogen-bond donors (Lipinski definition) is 2. The first-order valence-corrected chi connectivity index (χ1v) is 10.7. The van der Waals surface area contributed by atoms with Gasteiger partial charge in [-0.15, -0.1) is 0 Å². The van der Waals surface area contributed by atoms with E-state index in [1.165, 1.54) is 0 Å². The number of aliphatic carboxylic acids is 1. The number of esters is 1. The Hall–Kier alpha value is -3.35. The van der Waals surface area contributed by atoms with Gasteiger partial charge in [-0.25, -0.2) is 4.79 Å². The Kier molecular flexibility index (Phi) is 7.18. The molecule has 0 spiro atoms. The quantitative estimate of drug-likeness (QED) is 0.588. The maximum Gasteiger partial charge on any atom is 0.407 e. The van der Waals surface area contributed by atoms with Gasteiger partial charge in [0.05, 0.1) is 6.42 Å². The van der Waals surface area contributed by atoms with Crippen molar-refractivity contribution in [1.29, 1.82) is 0 Å². The molecular formula is C25H29NO6. The van der Waals surface area contributed by atoms with Crippen LogP contribution in [0.2, 0.25) is 0 Å². The second kappa shape index (κ2) is 9.85. The summed E-state index contributed by atoms with van der Waals surface area (Å²) >= 11 is 0. The molecular weight excluding hydrogens is 410 g/mol. The minimum absolute atomic E-state index is 0.00112. The summed E-state index contributed by atoms with van der Waals surface area (Å²) in [6.45, 7) is 5.41. The van der Waals surface area contributed by atoms with E-state index in [1.807, 2.05) is 48.5 Å². The van der Waals surface area contributed by atoms with E-state index in [1.54, 1.807) is 20.8 Å². The second-order valence-corrected chi connectivity index (χ2v) is 8.89. The Bertz CT molecular complexity index is 948. The number of rotatable bonds is 8. The Morgan fingerprint density at radius 1 is 1.00 bits per heavy atom. The molecule has 1 aliphatic rings. The van der Waals surface area contributed by atoms with Crippen molar-refractivity contribution in [3.8, 4) is 11.1 Å². The highest BCUT2D eigenvalue weighted by Gasteiger charge is 2.29. The van der Waals surface area contributed by atoms with E-state index in [4.69, 9.17) is 14.6 Å². The highest BCUT2D eigenvalue weighted by molar-refractivity contribution is 5.79. The molecule has 1 atom stereocenters. The lowest BCUT2D eigenvalue weighted by Gasteiger charge is -2.21. The molecule has 3 rings (SSSR count). The number of hydrogen-bond acceptors (Lipinski definition) is 5. The first-order chi connectivity index (χ1) is 15.1. The van der Waals surface area contributed by atoms with Gasteiger partial charge in [-0.3, -0.25) is 9.59 Å². The molecule has 0 saturated carbocycles. The highest BCUT2D eigenvalue weighted by atomic mass is 16.6. The molecule has 1 aliphatic carbocycles. The monoisotopic (exact) mass is 439 g/mol. The molecule has 0 radical (unpaired) electrons. The van der Waals surface area contributed by atoms with Gasteiger partial charge >= 0.3 is 18.0 Å². The van der Waals surface area contributed by atoms with Crippen molar-refractivity contribution in [1.82, 2.24) is 5.32 Å². The SMILES string of the molecule is CC(C)(C)OC(=O)CC[C@H](CC(=O)O)NC(=O)OCC1c2ccccc2-c2ccccc21. The fraction of sp³-hybridized carbons (Fsp3) is 0.400. The summed E-state index contributed by atoms with van der Waals surface area (Å²) in [6, 6.07) is 15.3. The molecule has 7 nitrogen and oxygen atoms in total. The Labute approximate surface area is 187 Å². The molecule has 0 heterocycles. The lowest BCUT2D eigenvalue weighted by molar-refractivity contribution is -0.155. The number of carboxylic acids is 1. The number of fused-ring (bicyclic) bond motifs is 3. The lowest BCUT2D eigenvalue weighted by atomic mass is 9.98. The molecule has 0 aliphatic heterocycles. The van der Waals surface area contributed by atoms with Gasteiger partial charge in [0.2, 0.25) is 0 Å². The van der Waals surface area contributed by atoms with Crippen molar-refractivity contribution >= 4 is 18.0 Å². The van der Waals surface area contributed by atoms with Gasteiger partial charge in [-0.05, 0) is 49.4 Å². The van der Waals surface area contributed by atoms with Gasteiger partial charge in [0.15, 0.2) is 0 Å². The van der Waals surface area contributed by atoms with E-state index >= 15 is 0 Å². The third-order valence-electron chi connectivity index (χ3n) is 5.20. The normalized spacial score (nSPS) is 13.6.